The maximum Gasteiger partial charge on any atom is 0.270 e. The number of anilines is 1. The third-order valence-corrected chi connectivity index (χ3v) is 6.08. The quantitative estimate of drug-likeness (QED) is 0.136. The van der Waals surface area contributed by atoms with E-state index >= 15 is 0 Å². The van der Waals surface area contributed by atoms with E-state index in [9.17, 15) is 19.7 Å². The largest absolute Gasteiger partial charge is 0.490 e. The van der Waals surface area contributed by atoms with E-state index in [4.69, 9.17) is 21.7 Å². The molecule has 0 aromatic heterocycles. The van der Waals surface area contributed by atoms with Crippen molar-refractivity contribution in [1.82, 2.24) is 5.32 Å². The number of hydrogen-bond donors (Lipinski definition) is 1. The molecule has 3 aromatic carbocycles. The Balaban J connectivity index is 1.59. The third kappa shape index (κ3) is 5.87. The molecule has 0 saturated carbocycles. The lowest BCUT2D eigenvalue weighted by molar-refractivity contribution is -0.384. The molecule has 2 amide bonds. The maximum atomic E-state index is 13.3. The van der Waals surface area contributed by atoms with Gasteiger partial charge in [0.25, 0.3) is 17.5 Å². The first kappa shape index (κ1) is 26.5. The highest BCUT2D eigenvalue weighted by Gasteiger charge is 2.34. The number of nitrogens with zero attached hydrogens (tertiary/aromatic N) is 2. The molecule has 10 heteroatoms. The van der Waals surface area contributed by atoms with E-state index in [1.54, 1.807) is 42.5 Å². The number of amides is 2. The number of benzene rings is 3. The Morgan fingerprint density at radius 1 is 0.974 bits per heavy atom. The summed E-state index contributed by atoms with van der Waals surface area (Å²) in [5.74, 6) is -0.311. The SMILES string of the molecule is CCOc1cc(/C=C2\C(=O)NC(=S)N(c3ccc(CC)cc3)C2=O)ccc1OCc1cccc([N+](=O)[O-])c1. The zero-order valence-corrected chi connectivity index (χ0v) is 21.6. The number of thiocarbonyl (C=S) groups is 1. The summed E-state index contributed by atoms with van der Waals surface area (Å²) in [6, 6.07) is 18.6. The van der Waals surface area contributed by atoms with Gasteiger partial charge >= 0.3 is 0 Å². The summed E-state index contributed by atoms with van der Waals surface area (Å²) in [7, 11) is 0. The number of carbonyl (C=O) groups is 2. The van der Waals surface area contributed by atoms with E-state index in [1.165, 1.54) is 23.1 Å². The molecule has 0 radical (unpaired) electrons. The van der Waals surface area contributed by atoms with Crippen LogP contribution in [0.25, 0.3) is 6.08 Å². The Bertz CT molecular complexity index is 1430. The van der Waals surface area contributed by atoms with Gasteiger partial charge in [-0.05, 0) is 72.6 Å². The predicted octanol–water partition coefficient (Wildman–Crippen LogP) is 4.97. The van der Waals surface area contributed by atoms with Crippen LogP contribution in [-0.4, -0.2) is 28.5 Å². The lowest BCUT2D eigenvalue weighted by Crippen LogP contribution is -2.54. The van der Waals surface area contributed by atoms with Gasteiger partial charge in [-0.25, -0.2) is 0 Å². The molecule has 0 aliphatic carbocycles. The van der Waals surface area contributed by atoms with Crippen LogP contribution in [0.4, 0.5) is 11.4 Å². The molecule has 1 fully saturated rings. The molecule has 1 saturated heterocycles. The van der Waals surface area contributed by atoms with Gasteiger partial charge in [0.1, 0.15) is 12.2 Å². The number of hydrogen-bond acceptors (Lipinski definition) is 7. The highest BCUT2D eigenvalue weighted by Crippen LogP contribution is 2.31. The Morgan fingerprint density at radius 2 is 1.74 bits per heavy atom. The molecule has 3 aromatic rings. The molecule has 0 unspecified atom stereocenters. The van der Waals surface area contributed by atoms with Gasteiger partial charge in [0.2, 0.25) is 0 Å². The van der Waals surface area contributed by atoms with E-state index in [0.29, 0.717) is 34.9 Å². The number of nitrogens with one attached hydrogen (secondary N) is 1. The highest BCUT2D eigenvalue weighted by molar-refractivity contribution is 7.80. The minimum Gasteiger partial charge on any atom is -0.490 e. The smallest absolute Gasteiger partial charge is 0.270 e. The molecule has 4 rings (SSSR count). The van der Waals surface area contributed by atoms with Crippen LogP contribution < -0.4 is 19.7 Å². The third-order valence-electron chi connectivity index (χ3n) is 5.80. The molecule has 1 aliphatic heterocycles. The number of aryl methyl sites for hydroxylation is 1. The molecular weight excluding hydrogens is 506 g/mol. The standard InChI is InChI=1S/C28H25N3O6S/c1-3-18-8-11-21(12-9-18)30-27(33)23(26(32)29-28(30)38)15-19-10-13-24(25(16-19)36-4-2)37-17-20-6-5-7-22(14-20)31(34)35/h5-16H,3-4,17H2,1-2H3,(H,29,32,38)/b23-15+. The number of non-ortho nitro benzene ring substituents is 1. The van der Waals surface area contributed by atoms with Crippen LogP contribution in [0.3, 0.4) is 0 Å². The van der Waals surface area contributed by atoms with Crippen molar-refractivity contribution in [3.63, 3.8) is 0 Å². The van der Waals surface area contributed by atoms with Crippen LogP contribution in [-0.2, 0) is 22.6 Å². The summed E-state index contributed by atoms with van der Waals surface area (Å²) < 4.78 is 11.6. The molecular formula is C28H25N3O6S. The lowest BCUT2D eigenvalue weighted by Gasteiger charge is -2.29. The van der Waals surface area contributed by atoms with Crippen molar-refractivity contribution >= 4 is 46.6 Å². The Labute approximate surface area is 224 Å². The summed E-state index contributed by atoms with van der Waals surface area (Å²) in [5.41, 5.74) is 2.74. The van der Waals surface area contributed by atoms with Gasteiger partial charge in [0, 0.05) is 12.1 Å². The van der Waals surface area contributed by atoms with E-state index in [1.807, 2.05) is 26.0 Å². The summed E-state index contributed by atoms with van der Waals surface area (Å²) in [4.78, 5) is 37.9. The number of nitro groups is 1. The second-order valence-electron chi connectivity index (χ2n) is 8.33. The van der Waals surface area contributed by atoms with Crippen molar-refractivity contribution < 1.29 is 24.0 Å². The predicted molar refractivity (Wildman–Crippen MR) is 147 cm³/mol. The number of nitro benzene ring substituents is 1. The van der Waals surface area contributed by atoms with Gasteiger partial charge in [0.05, 0.1) is 17.2 Å². The fourth-order valence-electron chi connectivity index (χ4n) is 3.86. The van der Waals surface area contributed by atoms with Crippen molar-refractivity contribution in [1.29, 1.82) is 0 Å². The van der Waals surface area contributed by atoms with Crippen LogP contribution in [0.5, 0.6) is 11.5 Å². The van der Waals surface area contributed by atoms with Crippen molar-refractivity contribution in [3.05, 3.63) is 99.1 Å². The lowest BCUT2D eigenvalue weighted by atomic mass is 10.1. The van der Waals surface area contributed by atoms with Gasteiger partial charge in [-0.3, -0.25) is 29.9 Å². The van der Waals surface area contributed by atoms with Crippen LogP contribution in [0, 0.1) is 10.1 Å². The number of rotatable bonds is 9. The first-order chi connectivity index (χ1) is 18.3. The highest BCUT2D eigenvalue weighted by atomic mass is 32.1. The molecule has 9 nitrogen and oxygen atoms in total. The summed E-state index contributed by atoms with van der Waals surface area (Å²) in [6.07, 6.45) is 2.33. The Morgan fingerprint density at radius 3 is 2.42 bits per heavy atom. The fourth-order valence-corrected chi connectivity index (χ4v) is 4.14. The number of ether oxygens (including phenoxy) is 2. The summed E-state index contributed by atoms with van der Waals surface area (Å²) >= 11 is 5.28. The average Bonchev–Trinajstić information content (AvgIpc) is 2.91. The zero-order chi connectivity index (χ0) is 27.2. The van der Waals surface area contributed by atoms with Crippen molar-refractivity contribution in [2.45, 2.75) is 26.9 Å². The van der Waals surface area contributed by atoms with Gasteiger partial charge in [-0.15, -0.1) is 0 Å². The number of carbonyl (C=O) groups excluding carboxylic acids is 2. The second kappa shape index (κ2) is 11.7. The van der Waals surface area contributed by atoms with E-state index in [0.717, 1.165) is 12.0 Å². The average molecular weight is 532 g/mol. The summed E-state index contributed by atoms with van der Waals surface area (Å²) in [6.45, 7) is 4.29. The molecule has 38 heavy (non-hydrogen) atoms. The van der Waals surface area contributed by atoms with Gasteiger partial charge in [-0.1, -0.05) is 37.3 Å². The monoisotopic (exact) mass is 531 g/mol. The van der Waals surface area contributed by atoms with E-state index < -0.39 is 16.7 Å². The zero-order valence-electron chi connectivity index (χ0n) is 20.8. The maximum absolute atomic E-state index is 13.3. The van der Waals surface area contributed by atoms with E-state index in [-0.39, 0.29) is 23.0 Å². The van der Waals surface area contributed by atoms with Crippen molar-refractivity contribution in [2.75, 3.05) is 11.5 Å². The normalized spacial score (nSPS) is 14.4. The first-order valence-electron chi connectivity index (χ1n) is 11.9. The topological polar surface area (TPSA) is 111 Å². The van der Waals surface area contributed by atoms with Crippen molar-refractivity contribution in [2.24, 2.45) is 0 Å². The fraction of sp³-hybridized carbons (Fsp3) is 0.179. The molecule has 0 spiro atoms. The first-order valence-corrected chi connectivity index (χ1v) is 12.3. The van der Waals surface area contributed by atoms with Crippen molar-refractivity contribution in [3.8, 4) is 11.5 Å². The van der Waals surface area contributed by atoms with Crippen LogP contribution in [0.1, 0.15) is 30.5 Å². The van der Waals surface area contributed by atoms with Gasteiger partial charge in [0.15, 0.2) is 16.6 Å². The molecule has 1 heterocycles. The van der Waals surface area contributed by atoms with E-state index in [2.05, 4.69) is 5.32 Å². The molecule has 1 N–H and O–H groups in total. The summed E-state index contributed by atoms with van der Waals surface area (Å²) in [5, 5.41) is 13.6. The molecule has 0 bridgehead atoms. The minimum atomic E-state index is -0.592. The minimum absolute atomic E-state index is 0.0151. The van der Waals surface area contributed by atoms with Gasteiger partial charge < -0.3 is 9.47 Å². The Hall–Kier alpha value is -4.57. The van der Waals surface area contributed by atoms with Gasteiger partial charge in [-0.2, -0.15) is 0 Å². The van der Waals surface area contributed by atoms with Crippen LogP contribution in [0.2, 0.25) is 0 Å². The van der Waals surface area contributed by atoms with Crippen LogP contribution in [0.15, 0.2) is 72.3 Å². The Kier molecular flexibility index (Phi) is 8.12. The second-order valence-corrected chi connectivity index (χ2v) is 8.72. The molecule has 194 valence electrons. The van der Waals surface area contributed by atoms with Crippen LogP contribution >= 0.6 is 12.2 Å². The molecule has 1 aliphatic rings. The molecule has 0 atom stereocenters.